The SMILES string of the molecule is O=C(O)c1cc(=O)c2c(C(F)(F)F)c3[nH]c(C(=O)O)cc(=O)c3cc2[nH]1. The molecule has 0 amide bonds. The molecule has 0 fully saturated rings. The van der Waals surface area contributed by atoms with Crippen LogP contribution in [0.15, 0.2) is 27.8 Å². The zero-order valence-corrected chi connectivity index (χ0v) is 12.4. The largest absolute Gasteiger partial charge is 0.477 e. The Kier molecular flexibility index (Phi) is 3.60. The molecule has 26 heavy (non-hydrogen) atoms. The number of H-pyrrole nitrogens is 2. The number of alkyl halides is 3. The van der Waals surface area contributed by atoms with Crippen molar-refractivity contribution >= 4 is 33.7 Å². The van der Waals surface area contributed by atoms with Crippen LogP contribution >= 0.6 is 0 Å². The Morgan fingerprint density at radius 1 is 0.885 bits per heavy atom. The minimum atomic E-state index is -5.13. The van der Waals surface area contributed by atoms with Gasteiger partial charge in [-0.2, -0.15) is 13.2 Å². The van der Waals surface area contributed by atoms with Crippen molar-refractivity contribution < 1.29 is 33.0 Å². The van der Waals surface area contributed by atoms with Crippen LogP contribution in [-0.2, 0) is 6.18 Å². The first-order chi connectivity index (χ1) is 12.0. The second-order valence-corrected chi connectivity index (χ2v) is 5.30. The number of pyridine rings is 2. The van der Waals surface area contributed by atoms with Gasteiger partial charge in [0.2, 0.25) is 0 Å². The van der Waals surface area contributed by atoms with Gasteiger partial charge in [-0.05, 0) is 6.07 Å². The van der Waals surface area contributed by atoms with Crippen LogP contribution in [0.3, 0.4) is 0 Å². The quantitative estimate of drug-likeness (QED) is 0.508. The predicted molar refractivity (Wildman–Crippen MR) is 81.6 cm³/mol. The fraction of sp³-hybridized carbons (Fsp3) is 0.0667. The van der Waals surface area contributed by atoms with Crippen LogP contribution in [0.4, 0.5) is 13.2 Å². The first-order valence-electron chi connectivity index (χ1n) is 6.81. The van der Waals surface area contributed by atoms with Gasteiger partial charge in [0.1, 0.15) is 11.4 Å². The number of carboxylic acids is 2. The third kappa shape index (κ3) is 2.59. The van der Waals surface area contributed by atoms with E-state index in [0.717, 1.165) is 6.07 Å². The van der Waals surface area contributed by atoms with Gasteiger partial charge in [0.05, 0.1) is 22.0 Å². The molecule has 134 valence electrons. The minimum absolute atomic E-state index is 0.477. The standard InChI is InChI=1S/C15H7F3N2O6/c16-15(17,18)11-10-5(19-6(13(23)24)3-9(10)22)1-4-8(21)2-7(14(25)26)20-12(4)11/h1-3H,(H,19,22)(H,20,21)(H,23,24)(H,25,26). The number of benzene rings is 1. The van der Waals surface area contributed by atoms with Gasteiger partial charge in [-0.3, -0.25) is 9.59 Å². The lowest BCUT2D eigenvalue weighted by atomic mass is 10.0. The molecular formula is C15H7F3N2O6. The summed E-state index contributed by atoms with van der Waals surface area (Å²) >= 11 is 0. The lowest BCUT2D eigenvalue weighted by molar-refractivity contribution is -0.135. The summed E-state index contributed by atoms with van der Waals surface area (Å²) in [5.41, 5.74) is -6.66. The highest BCUT2D eigenvalue weighted by molar-refractivity contribution is 6.02. The third-order valence-electron chi connectivity index (χ3n) is 3.66. The Morgan fingerprint density at radius 3 is 1.96 bits per heavy atom. The molecule has 0 aliphatic heterocycles. The molecule has 0 spiro atoms. The Labute approximate surface area is 139 Å². The number of carbonyl (C=O) groups is 2. The van der Waals surface area contributed by atoms with Crippen LogP contribution in [-0.4, -0.2) is 32.1 Å². The summed E-state index contributed by atoms with van der Waals surface area (Å²) in [6.07, 6.45) is -5.13. The van der Waals surface area contributed by atoms with E-state index >= 15 is 0 Å². The van der Waals surface area contributed by atoms with Crippen molar-refractivity contribution in [2.75, 3.05) is 0 Å². The van der Waals surface area contributed by atoms with Gasteiger partial charge in [0.15, 0.2) is 10.9 Å². The fourth-order valence-electron chi connectivity index (χ4n) is 2.64. The molecule has 0 bridgehead atoms. The lowest BCUT2D eigenvalue weighted by Gasteiger charge is -2.14. The van der Waals surface area contributed by atoms with Crippen molar-refractivity contribution in [2.45, 2.75) is 6.18 Å². The topological polar surface area (TPSA) is 140 Å². The predicted octanol–water partition coefficient (Wildman–Crippen LogP) is 1.78. The number of hydrogen-bond donors (Lipinski definition) is 4. The smallest absolute Gasteiger partial charge is 0.419 e. The van der Waals surface area contributed by atoms with E-state index < -0.39 is 67.7 Å². The molecule has 0 aliphatic carbocycles. The van der Waals surface area contributed by atoms with Gasteiger partial charge < -0.3 is 20.2 Å². The Balaban J connectivity index is 2.66. The number of halogens is 3. The van der Waals surface area contributed by atoms with Crippen LogP contribution in [0, 0.1) is 0 Å². The summed E-state index contributed by atoms with van der Waals surface area (Å²) in [6, 6.07) is 1.94. The number of nitrogens with one attached hydrogen (secondary N) is 2. The average molecular weight is 368 g/mol. The Bertz CT molecular complexity index is 1220. The molecule has 4 N–H and O–H groups in total. The van der Waals surface area contributed by atoms with Crippen LogP contribution in [0.1, 0.15) is 26.5 Å². The summed E-state index contributed by atoms with van der Waals surface area (Å²) in [7, 11) is 0. The van der Waals surface area contributed by atoms with Crippen molar-refractivity contribution in [1.29, 1.82) is 0 Å². The van der Waals surface area contributed by atoms with Crippen LogP contribution in [0.5, 0.6) is 0 Å². The molecule has 1 aromatic carbocycles. The molecule has 2 aromatic heterocycles. The number of aromatic amines is 2. The van der Waals surface area contributed by atoms with E-state index in [1.807, 2.05) is 4.98 Å². The van der Waals surface area contributed by atoms with E-state index in [2.05, 4.69) is 4.98 Å². The first kappa shape index (κ1) is 17.2. The highest BCUT2D eigenvalue weighted by atomic mass is 19.4. The molecule has 0 unspecified atom stereocenters. The summed E-state index contributed by atoms with van der Waals surface area (Å²) in [6.45, 7) is 0. The van der Waals surface area contributed by atoms with Crippen molar-refractivity contribution in [3.63, 3.8) is 0 Å². The molecule has 3 rings (SSSR count). The van der Waals surface area contributed by atoms with E-state index in [-0.39, 0.29) is 0 Å². The van der Waals surface area contributed by atoms with Crippen molar-refractivity contribution in [1.82, 2.24) is 9.97 Å². The van der Waals surface area contributed by atoms with Crippen LogP contribution in [0.2, 0.25) is 0 Å². The molecule has 11 heteroatoms. The summed E-state index contributed by atoms with van der Waals surface area (Å²) < 4.78 is 40.8. The first-order valence-corrected chi connectivity index (χ1v) is 6.81. The molecule has 3 aromatic rings. The van der Waals surface area contributed by atoms with Crippen molar-refractivity contribution in [2.24, 2.45) is 0 Å². The zero-order valence-electron chi connectivity index (χ0n) is 12.4. The molecule has 0 aliphatic rings. The van der Waals surface area contributed by atoms with E-state index in [1.165, 1.54) is 0 Å². The maximum atomic E-state index is 13.6. The van der Waals surface area contributed by atoms with Gasteiger partial charge >= 0.3 is 18.1 Å². The molecule has 8 nitrogen and oxygen atoms in total. The number of aromatic nitrogens is 2. The number of aromatic carboxylic acids is 2. The Hall–Kier alpha value is -3.63. The van der Waals surface area contributed by atoms with Gasteiger partial charge in [-0.1, -0.05) is 0 Å². The molecule has 0 saturated heterocycles. The summed E-state index contributed by atoms with van der Waals surface area (Å²) in [5.74, 6) is -3.24. The number of hydrogen-bond acceptors (Lipinski definition) is 4. The van der Waals surface area contributed by atoms with Gasteiger partial charge in [-0.25, -0.2) is 9.59 Å². The monoisotopic (exact) mass is 368 g/mol. The van der Waals surface area contributed by atoms with E-state index in [9.17, 15) is 32.3 Å². The summed E-state index contributed by atoms with van der Waals surface area (Å²) in [5, 5.41) is 16.4. The number of fused-ring (bicyclic) bond motifs is 2. The summed E-state index contributed by atoms with van der Waals surface area (Å²) in [4.78, 5) is 50.4. The Morgan fingerprint density at radius 2 is 1.42 bits per heavy atom. The van der Waals surface area contributed by atoms with Crippen LogP contribution in [0.25, 0.3) is 21.8 Å². The maximum absolute atomic E-state index is 13.6. The van der Waals surface area contributed by atoms with Crippen molar-refractivity contribution in [3.05, 3.63) is 55.6 Å². The van der Waals surface area contributed by atoms with E-state index in [4.69, 9.17) is 10.2 Å². The van der Waals surface area contributed by atoms with Gasteiger partial charge in [0.25, 0.3) is 0 Å². The fourth-order valence-corrected chi connectivity index (χ4v) is 2.64. The molecule has 2 heterocycles. The van der Waals surface area contributed by atoms with E-state index in [1.54, 1.807) is 0 Å². The maximum Gasteiger partial charge on any atom is 0.419 e. The third-order valence-corrected chi connectivity index (χ3v) is 3.66. The number of rotatable bonds is 2. The van der Waals surface area contributed by atoms with Crippen LogP contribution < -0.4 is 10.9 Å². The highest BCUT2D eigenvalue weighted by Crippen LogP contribution is 2.37. The second kappa shape index (κ2) is 5.44. The van der Waals surface area contributed by atoms with E-state index in [0.29, 0.717) is 12.1 Å². The number of carboxylic acid groups (broad SMARTS) is 2. The molecule has 0 saturated carbocycles. The average Bonchev–Trinajstić information content (AvgIpc) is 2.51. The lowest BCUT2D eigenvalue weighted by Crippen LogP contribution is -2.19. The van der Waals surface area contributed by atoms with Crippen molar-refractivity contribution in [3.8, 4) is 0 Å². The second-order valence-electron chi connectivity index (χ2n) is 5.30. The molecule has 0 atom stereocenters. The minimum Gasteiger partial charge on any atom is -0.477 e. The zero-order chi connectivity index (χ0) is 19.4. The van der Waals surface area contributed by atoms with Gasteiger partial charge in [-0.15, -0.1) is 0 Å². The van der Waals surface area contributed by atoms with Gasteiger partial charge in [0, 0.05) is 17.5 Å². The molecular weight excluding hydrogens is 361 g/mol. The highest BCUT2D eigenvalue weighted by Gasteiger charge is 2.37. The molecule has 0 radical (unpaired) electrons. The normalized spacial score (nSPS) is 11.8.